The van der Waals surface area contributed by atoms with Crippen molar-refractivity contribution in [3.05, 3.63) is 34.9 Å². The van der Waals surface area contributed by atoms with Crippen molar-refractivity contribution in [2.75, 3.05) is 13.2 Å². The molecule has 0 amide bonds. The molecule has 1 fully saturated rings. The van der Waals surface area contributed by atoms with Gasteiger partial charge in [0.2, 0.25) is 0 Å². The first-order chi connectivity index (χ1) is 9.23. The van der Waals surface area contributed by atoms with Gasteiger partial charge in [-0.15, -0.1) is 0 Å². The Labute approximate surface area is 114 Å². The minimum absolute atomic E-state index is 0.277. The van der Waals surface area contributed by atoms with Gasteiger partial charge < -0.3 is 4.74 Å². The van der Waals surface area contributed by atoms with Crippen LogP contribution in [0, 0.1) is 18.3 Å². The highest BCUT2D eigenvalue weighted by Gasteiger charge is 2.39. The van der Waals surface area contributed by atoms with Crippen LogP contribution < -0.4 is 5.32 Å². The van der Waals surface area contributed by atoms with Gasteiger partial charge in [0, 0.05) is 13.2 Å². The van der Waals surface area contributed by atoms with E-state index in [-0.39, 0.29) is 6.10 Å². The van der Waals surface area contributed by atoms with Crippen molar-refractivity contribution in [3.8, 4) is 6.07 Å². The highest BCUT2D eigenvalue weighted by atomic mass is 16.5. The van der Waals surface area contributed by atoms with E-state index in [0.717, 1.165) is 38.8 Å². The lowest BCUT2D eigenvalue weighted by atomic mass is 9.92. The van der Waals surface area contributed by atoms with Crippen LogP contribution in [0.5, 0.6) is 0 Å². The zero-order valence-electron chi connectivity index (χ0n) is 11.4. The molecule has 2 aliphatic rings. The summed E-state index contributed by atoms with van der Waals surface area (Å²) in [5.74, 6) is 0. The van der Waals surface area contributed by atoms with Gasteiger partial charge in [-0.1, -0.05) is 23.8 Å². The summed E-state index contributed by atoms with van der Waals surface area (Å²) in [5.41, 5.74) is 3.20. The van der Waals surface area contributed by atoms with Crippen LogP contribution >= 0.6 is 0 Å². The molecule has 1 N–H and O–H groups in total. The number of fused-ring (bicyclic) bond motifs is 1. The van der Waals surface area contributed by atoms with Gasteiger partial charge in [0.05, 0.1) is 12.2 Å². The Morgan fingerprint density at radius 3 is 3.16 bits per heavy atom. The average Bonchev–Trinajstić information content (AvgIpc) is 3.04. The van der Waals surface area contributed by atoms with E-state index in [0.29, 0.717) is 0 Å². The SMILES string of the molecule is Cc1ccc2c(c1)C(C#N)(NCC1CCCO1)CC2. The maximum Gasteiger partial charge on any atom is 0.132 e. The fourth-order valence-corrected chi connectivity index (χ4v) is 3.20. The quantitative estimate of drug-likeness (QED) is 0.903. The van der Waals surface area contributed by atoms with E-state index in [1.165, 1.54) is 16.7 Å². The molecule has 1 saturated heterocycles. The van der Waals surface area contributed by atoms with E-state index in [9.17, 15) is 5.26 Å². The number of benzene rings is 1. The van der Waals surface area contributed by atoms with Crippen molar-refractivity contribution in [1.29, 1.82) is 5.26 Å². The number of rotatable bonds is 3. The third kappa shape index (κ3) is 2.27. The van der Waals surface area contributed by atoms with Gasteiger partial charge in [-0.3, -0.25) is 5.32 Å². The highest BCUT2D eigenvalue weighted by Crippen LogP contribution is 2.37. The molecular weight excluding hydrogens is 236 g/mol. The zero-order valence-corrected chi connectivity index (χ0v) is 11.4. The second kappa shape index (κ2) is 4.96. The molecule has 3 rings (SSSR count). The zero-order chi connectivity index (χ0) is 13.3. The molecule has 0 spiro atoms. The Kier molecular flexibility index (Phi) is 3.30. The van der Waals surface area contributed by atoms with Gasteiger partial charge in [-0.05, 0) is 43.7 Å². The molecule has 0 radical (unpaired) electrons. The van der Waals surface area contributed by atoms with Crippen LogP contribution in [0.1, 0.15) is 36.0 Å². The van der Waals surface area contributed by atoms with Gasteiger partial charge in [-0.25, -0.2) is 0 Å². The standard InChI is InChI=1S/C16H20N2O/c1-12-4-5-13-6-7-16(11-17,15(13)9-12)18-10-14-3-2-8-19-14/h4-5,9,14,18H,2-3,6-8,10H2,1H3. The maximum absolute atomic E-state index is 9.67. The number of hydrogen-bond acceptors (Lipinski definition) is 3. The fourth-order valence-electron chi connectivity index (χ4n) is 3.20. The van der Waals surface area contributed by atoms with Gasteiger partial charge in [0.1, 0.15) is 5.54 Å². The van der Waals surface area contributed by atoms with E-state index in [2.05, 4.69) is 36.5 Å². The molecule has 0 bridgehead atoms. The molecule has 0 saturated carbocycles. The summed E-state index contributed by atoms with van der Waals surface area (Å²) in [6.07, 6.45) is 4.38. The topological polar surface area (TPSA) is 45.0 Å². The van der Waals surface area contributed by atoms with E-state index >= 15 is 0 Å². The van der Waals surface area contributed by atoms with Crippen molar-refractivity contribution >= 4 is 0 Å². The monoisotopic (exact) mass is 256 g/mol. The molecule has 2 unspecified atom stereocenters. The molecule has 3 nitrogen and oxygen atoms in total. The van der Waals surface area contributed by atoms with Crippen LogP contribution in [0.2, 0.25) is 0 Å². The van der Waals surface area contributed by atoms with E-state index in [4.69, 9.17) is 4.74 Å². The third-order valence-electron chi connectivity index (χ3n) is 4.34. The number of nitrogens with one attached hydrogen (secondary N) is 1. The van der Waals surface area contributed by atoms with Crippen molar-refractivity contribution in [2.45, 2.75) is 44.2 Å². The van der Waals surface area contributed by atoms with Crippen molar-refractivity contribution in [2.24, 2.45) is 0 Å². The Morgan fingerprint density at radius 2 is 2.42 bits per heavy atom. The van der Waals surface area contributed by atoms with Crippen LogP contribution in [0.25, 0.3) is 0 Å². The maximum atomic E-state index is 9.67. The highest BCUT2D eigenvalue weighted by molar-refractivity contribution is 5.45. The smallest absolute Gasteiger partial charge is 0.132 e. The third-order valence-corrected chi connectivity index (χ3v) is 4.34. The first-order valence-electron chi connectivity index (χ1n) is 7.11. The first kappa shape index (κ1) is 12.7. The molecule has 2 atom stereocenters. The molecule has 3 heteroatoms. The second-order valence-corrected chi connectivity index (χ2v) is 5.69. The van der Waals surface area contributed by atoms with Crippen LogP contribution in [-0.4, -0.2) is 19.3 Å². The minimum atomic E-state index is -0.507. The van der Waals surface area contributed by atoms with Crippen molar-refractivity contribution < 1.29 is 4.74 Å². The van der Waals surface area contributed by atoms with Crippen LogP contribution in [0.3, 0.4) is 0 Å². The molecule has 1 aliphatic carbocycles. The number of hydrogen-bond donors (Lipinski definition) is 1. The van der Waals surface area contributed by atoms with Crippen LogP contribution in [0.15, 0.2) is 18.2 Å². The first-order valence-corrected chi connectivity index (χ1v) is 7.11. The largest absolute Gasteiger partial charge is 0.377 e. The Balaban J connectivity index is 1.81. The molecule has 1 aromatic carbocycles. The lowest BCUT2D eigenvalue weighted by Crippen LogP contribution is -2.43. The van der Waals surface area contributed by atoms with Gasteiger partial charge >= 0.3 is 0 Å². The fraction of sp³-hybridized carbons (Fsp3) is 0.562. The number of nitriles is 1. The predicted molar refractivity (Wildman–Crippen MR) is 73.8 cm³/mol. The van der Waals surface area contributed by atoms with Crippen molar-refractivity contribution in [3.63, 3.8) is 0 Å². The normalized spacial score (nSPS) is 29.2. The summed E-state index contributed by atoms with van der Waals surface area (Å²) < 4.78 is 5.64. The molecule has 19 heavy (non-hydrogen) atoms. The lowest BCUT2D eigenvalue weighted by Gasteiger charge is -2.26. The Hall–Kier alpha value is -1.37. The van der Waals surface area contributed by atoms with Crippen LogP contribution in [-0.2, 0) is 16.7 Å². The Morgan fingerprint density at radius 1 is 1.53 bits per heavy atom. The molecule has 1 heterocycles. The van der Waals surface area contributed by atoms with E-state index in [1.54, 1.807) is 0 Å². The molecule has 1 aromatic rings. The molecule has 1 aliphatic heterocycles. The summed E-state index contributed by atoms with van der Waals surface area (Å²) >= 11 is 0. The molecular formula is C16H20N2O. The van der Waals surface area contributed by atoms with Crippen LogP contribution in [0.4, 0.5) is 0 Å². The predicted octanol–water partition coefficient (Wildman–Crippen LogP) is 2.43. The van der Waals surface area contributed by atoms with Gasteiger partial charge in [0.25, 0.3) is 0 Å². The van der Waals surface area contributed by atoms with E-state index in [1.807, 2.05) is 0 Å². The Bertz CT molecular complexity index is 514. The van der Waals surface area contributed by atoms with Crippen molar-refractivity contribution in [1.82, 2.24) is 5.32 Å². The summed E-state index contributed by atoms with van der Waals surface area (Å²) in [5, 5.41) is 13.2. The lowest BCUT2D eigenvalue weighted by molar-refractivity contribution is 0.104. The average molecular weight is 256 g/mol. The molecule has 0 aromatic heterocycles. The summed E-state index contributed by atoms with van der Waals surface area (Å²) in [6, 6.07) is 8.97. The number of ether oxygens (including phenoxy) is 1. The minimum Gasteiger partial charge on any atom is -0.377 e. The number of nitrogens with zero attached hydrogens (tertiary/aromatic N) is 1. The van der Waals surface area contributed by atoms with E-state index < -0.39 is 5.54 Å². The summed E-state index contributed by atoms with van der Waals surface area (Å²) in [7, 11) is 0. The van der Waals surface area contributed by atoms with Gasteiger partial charge in [0.15, 0.2) is 0 Å². The summed E-state index contributed by atoms with van der Waals surface area (Å²) in [4.78, 5) is 0. The number of aryl methyl sites for hydroxylation is 2. The summed E-state index contributed by atoms with van der Waals surface area (Å²) in [6.45, 7) is 3.73. The second-order valence-electron chi connectivity index (χ2n) is 5.69. The molecule has 100 valence electrons. The van der Waals surface area contributed by atoms with Gasteiger partial charge in [-0.2, -0.15) is 5.26 Å².